The molecule has 0 amide bonds. The summed E-state index contributed by atoms with van der Waals surface area (Å²) in [5.41, 5.74) is 4.05. The molecule has 1 N–H and O–H groups in total. The molecule has 0 aromatic heterocycles. The molecule has 84 valence electrons. The molecule has 0 fully saturated rings. The van der Waals surface area contributed by atoms with E-state index in [4.69, 9.17) is 0 Å². The third kappa shape index (κ3) is 3.24. The van der Waals surface area contributed by atoms with Crippen LogP contribution >= 0.6 is 0 Å². The number of anilines is 1. The molecule has 0 unspecified atom stereocenters. The van der Waals surface area contributed by atoms with Crippen LogP contribution in [0.4, 0.5) is 5.69 Å². The van der Waals surface area contributed by atoms with Crippen LogP contribution in [0.3, 0.4) is 0 Å². The van der Waals surface area contributed by atoms with Crippen molar-refractivity contribution in [2.45, 2.75) is 26.8 Å². The highest BCUT2D eigenvalue weighted by molar-refractivity contribution is 5.54. The third-order valence-electron chi connectivity index (χ3n) is 2.57. The monoisotopic (exact) mass is 206 g/mol. The average Bonchev–Trinajstić information content (AvgIpc) is 2.18. The van der Waals surface area contributed by atoms with Crippen molar-refractivity contribution < 1.29 is 0 Å². The second-order valence-corrected chi connectivity index (χ2v) is 4.08. The van der Waals surface area contributed by atoms with Gasteiger partial charge in [0.2, 0.25) is 0 Å². The van der Waals surface area contributed by atoms with Gasteiger partial charge >= 0.3 is 0 Å². The van der Waals surface area contributed by atoms with Crippen LogP contribution < -0.4 is 10.2 Å². The first kappa shape index (κ1) is 12.1. The van der Waals surface area contributed by atoms with Gasteiger partial charge in [0.05, 0.1) is 0 Å². The highest BCUT2D eigenvalue weighted by Crippen LogP contribution is 2.20. The largest absolute Gasteiger partial charge is 0.374 e. The first-order chi connectivity index (χ1) is 7.19. The molecule has 0 aliphatic carbocycles. The van der Waals surface area contributed by atoms with Crippen LogP contribution in [0.2, 0.25) is 0 Å². The van der Waals surface area contributed by atoms with E-state index in [1.807, 2.05) is 7.05 Å². The van der Waals surface area contributed by atoms with Crippen molar-refractivity contribution in [1.82, 2.24) is 5.32 Å². The number of aryl methyl sites for hydroxylation is 1. The fourth-order valence-corrected chi connectivity index (χ4v) is 1.87. The van der Waals surface area contributed by atoms with Crippen molar-refractivity contribution in [3.05, 3.63) is 29.3 Å². The van der Waals surface area contributed by atoms with E-state index in [1.54, 1.807) is 0 Å². The maximum absolute atomic E-state index is 3.22. The summed E-state index contributed by atoms with van der Waals surface area (Å²) in [6.07, 6.45) is 1.18. The Morgan fingerprint density at radius 3 is 2.67 bits per heavy atom. The Morgan fingerprint density at radius 2 is 2.07 bits per heavy atom. The van der Waals surface area contributed by atoms with Gasteiger partial charge in [-0.1, -0.05) is 24.6 Å². The third-order valence-corrected chi connectivity index (χ3v) is 2.57. The topological polar surface area (TPSA) is 15.3 Å². The summed E-state index contributed by atoms with van der Waals surface area (Å²) >= 11 is 0. The molecular weight excluding hydrogens is 184 g/mol. The Balaban J connectivity index is 2.93. The van der Waals surface area contributed by atoms with Crippen molar-refractivity contribution in [2.24, 2.45) is 0 Å². The predicted octanol–water partition coefficient (Wildman–Crippen LogP) is 2.56. The molecule has 15 heavy (non-hydrogen) atoms. The van der Waals surface area contributed by atoms with Gasteiger partial charge in [-0.2, -0.15) is 0 Å². The van der Waals surface area contributed by atoms with Crippen LogP contribution in [0.25, 0.3) is 0 Å². The van der Waals surface area contributed by atoms with E-state index in [-0.39, 0.29) is 0 Å². The lowest BCUT2D eigenvalue weighted by Gasteiger charge is -2.22. The second-order valence-electron chi connectivity index (χ2n) is 4.08. The first-order valence-corrected chi connectivity index (χ1v) is 5.64. The molecule has 0 spiro atoms. The zero-order chi connectivity index (χ0) is 11.3. The van der Waals surface area contributed by atoms with E-state index < -0.39 is 0 Å². The van der Waals surface area contributed by atoms with Gasteiger partial charge in [-0.05, 0) is 32.0 Å². The summed E-state index contributed by atoms with van der Waals surface area (Å²) in [5.74, 6) is 0. The molecule has 0 aliphatic rings. The molecule has 1 aromatic carbocycles. The summed E-state index contributed by atoms with van der Waals surface area (Å²) in [5, 5.41) is 3.22. The number of nitrogens with one attached hydrogen (secondary N) is 1. The number of benzene rings is 1. The van der Waals surface area contributed by atoms with Gasteiger partial charge in [0.15, 0.2) is 0 Å². The molecule has 1 aromatic rings. The number of nitrogens with zero attached hydrogens (tertiary/aromatic N) is 1. The second kappa shape index (κ2) is 5.76. The minimum absolute atomic E-state index is 0.936. The summed E-state index contributed by atoms with van der Waals surface area (Å²) < 4.78 is 0. The molecule has 1 rings (SSSR count). The number of hydrogen-bond donors (Lipinski definition) is 1. The van der Waals surface area contributed by atoms with Gasteiger partial charge in [-0.3, -0.25) is 0 Å². The van der Waals surface area contributed by atoms with Gasteiger partial charge < -0.3 is 10.2 Å². The van der Waals surface area contributed by atoms with E-state index >= 15 is 0 Å². The van der Waals surface area contributed by atoms with Crippen LogP contribution in [0.5, 0.6) is 0 Å². The fraction of sp³-hybridized carbons (Fsp3) is 0.538. The average molecular weight is 206 g/mol. The van der Waals surface area contributed by atoms with Crippen LogP contribution in [-0.4, -0.2) is 20.6 Å². The van der Waals surface area contributed by atoms with Gasteiger partial charge in [-0.15, -0.1) is 0 Å². The minimum Gasteiger partial charge on any atom is -0.374 e. The van der Waals surface area contributed by atoms with Crippen molar-refractivity contribution in [3.8, 4) is 0 Å². The normalized spacial score (nSPS) is 10.4. The van der Waals surface area contributed by atoms with E-state index in [1.165, 1.54) is 23.2 Å². The Labute approximate surface area is 93.3 Å². The molecule has 0 aliphatic heterocycles. The predicted molar refractivity (Wildman–Crippen MR) is 67.5 cm³/mol. The number of rotatable bonds is 5. The quantitative estimate of drug-likeness (QED) is 0.796. The molecule has 0 heterocycles. The zero-order valence-electron chi connectivity index (χ0n) is 10.3. The zero-order valence-corrected chi connectivity index (χ0v) is 10.3. The van der Waals surface area contributed by atoms with Crippen LogP contribution in [0, 0.1) is 6.92 Å². The summed E-state index contributed by atoms with van der Waals surface area (Å²) in [6, 6.07) is 6.66. The summed E-state index contributed by atoms with van der Waals surface area (Å²) in [7, 11) is 4.15. The maximum atomic E-state index is 3.22. The van der Waals surface area contributed by atoms with E-state index in [0.29, 0.717) is 0 Å². The van der Waals surface area contributed by atoms with Gasteiger partial charge in [0, 0.05) is 25.8 Å². The Bertz CT molecular complexity index is 307. The first-order valence-electron chi connectivity index (χ1n) is 5.64. The van der Waals surface area contributed by atoms with E-state index in [9.17, 15) is 0 Å². The molecule has 2 heteroatoms. The Morgan fingerprint density at radius 1 is 1.33 bits per heavy atom. The lowest BCUT2D eigenvalue weighted by Crippen LogP contribution is -2.20. The fourth-order valence-electron chi connectivity index (χ4n) is 1.87. The van der Waals surface area contributed by atoms with Gasteiger partial charge in [-0.25, -0.2) is 0 Å². The Hall–Kier alpha value is -1.02. The summed E-state index contributed by atoms with van der Waals surface area (Å²) in [6.45, 7) is 6.40. The van der Waals surface area contributed by atoms with Gasteiger partial charge in [0.25, 0.3) is 0 Å². The minimum atomic E-state index is 0.936. The van der Waals surface area contributed by atoms with Crippen molar-refractivity contribution in [1.29, 1.82) is 0 Å². The molecule has 0 saturated carbocycles. The lowest BCUT2D eigenvalue weighted by molar-refractivity contribution is 0.796. The van der Waals surface area contributed by atoms with Crippen molar-refractivity contribution in [3.63, 3.8) is 0 Å². The highest BCUT2D eigenvalue weighted by atomic mass is 15.1. The molecular formula is C13H22N2. The lowest BCUT2D eigenvalue weighted by atomic mass is 10.1. The van der Waals surface area contributed by atoms with E-state index in [2.05, 4.69) is 49.3 Å². The highest BCUT2D eigenvalue weighted by Gasteiger charge is 2.05. The van der Waals surface area contributed by atoms with Crippen LogP contribution in [-0.2, 0) is 6.54 Å². The molecule has 0 bridgehead atoms. The Kier molecular flexibility index (Phi) is 4.63. The maximum Gasteiger partial charge on any atom is 0.0409 e. The molecule has 0 saturated heterocycles. The summed E-state index contributed by atoms with van der Waals surface area (Å²) in [4.78, 5) is 2.33. The molecule has 0 atom stereocenters. The molecule has 0 radical (unpaired) electrons. The standard InChI is InChI=1S/C13H22N2/c1-5-8-15(4)13-7-6-11(2)9-12(13)10-14-3/h6-7,9,14H,5,8,10H2,1-4H3. The SMILES string of the molecule is CCCN(C)c1ccc(C)cc1CNC. The smallest absolute Gasteiger partial charge is 0.0409 e. The number of hydrogen-bond acceptors (Lipinski definition) is 2. The van der Waals surface area contributed by atoms with Crippen LogP contribution in [0.1, 0.15) is 24.5 Å². The van der Waals surface area contributed by atoms with Crippen molar-refractivity contribution in [2.75, 3.05) is 25.5 Å². The van der Waals surface area contributed by atoms with Gasteiger partial charge in [0.1, 0.15) is 0 Å². The van der Waals surface area contributed by atoms with Crippen molar-refractivity contribution >= 4 is 5.69 Å². The van der Waals surface area contributed by atoms with Crippen LogP contribution in [0.15, 0.2) is 18.2 Å². The molecule has 2 nitrogen and oxygen atoms in total. The van der Waals surface area contributed by atoms with E-state index in [0.717, 1.165) is 13.1 Å².